The summed E-state index contributed by atoms with van der Waals surface area (Å²) in [4.78, 5) is 30.4. The summed E-state index contributed by atoms with van der Waals surface area (Å²) in [6.45, 7) is 1.55. The summed E-state index contributed by atoms with van der Waals surface area (Å²) in [5.74, 6) is -2.11. The first-order valence-corrected chi connectivity index (χ1v) is 10.6. The van der Waals surface area contributed by atoms with Gasteiger partial charge in [0, 0.05) is 31.3 Å². The van der Waals surface area contributed by atoms with Crippen molar-refractivity contribution in [1.82, 2.24) is 15.2 Å². The molecule has 3 heterocycles. The zero-order valence-corrected chi connectivity index (χ0v) is 18.3. The molecule has 0 bridgehead atoms. The molecular weight excluding hydrogens is 450 g/mol. The number of ether oxygens (including phenoxy) is 1. The van der Waals surface area contributed by atoms with Gasteiger partial charge in [-0.15, -0.1) is 5.10 Å². The summed E-state index contributed by atoms with van der Waals surface area (Å²) in [6, 6.07) is 6.51. The molecular formula is C22H22F2N6O4. The van der Waals surface area contributed by atoms with Crippen molar-refractivity contribution in [2.45, 2.75) is 19.3 Å². The second kappa shape index (κ2) is 10.2. The molecule has 1 aromatic carbocycles. The molecule has 1 aliphatic heterocycles. The van der Waals surface area contributed by atoms with Crippen molar-refractivity contribution in [3.05, 3.63) is 54.1 Å². The minimum atomic E-state index is -1.04. The molecule has 2 N–H and O–H groups in total. The molecule has 3 aromatic rings. The number of amides is 1. The summed E-state index contributed by atoms with van der Waals surface area (Å²) in [7, 11) is 1.40. The zero-order chi connectivity index (χ0) is 24.1. The molecule has 1 saturated heterocycles. The minimum Gasteiger partial charge on any atom is -0.469 e. The van der Waals surface area contributed by atoms with Crippen LogP contribution in [0.25, 0.3) is 0 Å². The van der Waals surface area contributed by atoms with Crippen molar-refractivity contribution in [2.75, 3.05) is 35.7 Å². The molecule has 2 aromatic heterocycles. The van der Waals surface area contributed by atoms with E-state index >= 15 is 0 Å². The van der Waals surface area contributed by atoms with E-state index in [1.54, 1.807) is 12.1 Å². The van der Waals surface area contributed by atoms with Crippen LogP contribution in [0.1, 0.15) is 29.9 Å². The highest BCUT2D eigenvalue weighted by Gasteiger charge is 2.23. The molecule has 0 radical (unpaired) electrons. The number of carbonyl (C=O) groups is 2. The Kier molecular flexibility index (Phi) is 6.95. The van der Waals surface area contributed by atoms with E-state index in [4.69, 9.17) is 9.15 Å². The first-order chi connectivity index (χ1) is 16.4. The average molecular weight is 472 g/mol. The maximum atomic E-state index is 13.3. The van der Waals surface area contributed by atoms with Crippen LogP contribution < -0.4 is 15.5 Å². The smallest absolute Gasteiger partial charge is 0.320 e. The van der Waals surface area contributed by atoms with E-state index in [0.717, 1.165) is 43.9 Å². The van der Waals surface area contributed by atoms with Crippen LogP contribution in [0.2, 0.25) is 0 Å². The standard InChI is InChI=1S/C22H22F2N6O4/c1-33-19(31)10-13-6-8-30(9-7-13)18-5-3-15(12-25-18)26-20(32)21-28-29-22(34-21)27-14-2-4-16(23)17(24)11-14/h2-5,11-13H,6-10H2,1H3,(H,26,32)(H,27,29). The third-order valence-electron chi connectivity index (χ3n) is 5.42. The Morgan fingerprint density at radius 3 is 2.56 bits per heavy atom. The van der Waals surface area contributed by atoms with Gasteiger partial charge in [-0.3, -0.25) is 9.59 Å². The van der Waals surface area contributed by atoms with E-state index in [1.807, 2.05) is 0 Å². The predicted molar refractivity (Wildman–Crippen MR) is 118 cm³/mol. The third kappa shape index (κ3) is 5.63. The number of benzene rings is 1. The van der Waals surface area contributed by atoms with E-state index in [9.17, 15) is 18.4 Å². The normalized spacial score (nSPS) is 14.0. The maximum Gasteiger partial charge on any atom is 0.320 e. The van der Waals surface area contributed by atoms with E-state index in [1.165, 1.54) is 19.4 Å². The van der Waals surface area contributed by atoms with Crippen molar-refractivity contribution in [2.24, 2.45) is 5.92 Å². The van der Waals surface area contributed by atoms with Crippen LogP contribution in [0, 0.1) is 17.6 Å². The second-order valence-corrected chi connectivity index (χ2v) is 7.74. The molecule has 0 aliphatic carbocycles. The number of methoxy groups -OCH3 is 1. The Morgan fingerprint density at radius 1 is 1.12 bits per heavy atom. The Hall–Kier alpha value is -4.09. The second-order valence-electron chi connectivity index (χ2n) is 7.74. The summed E-state index contributed by atoms with van der Waals surface area (Å²) in [5, 5.41) is 12.5. The summed E-state index contributed by atoms with van der Waals surface area (Å²) >= 11 is 0. The van der Waals surface area contributed by atoms with Gasteiger partial charge in [0.1, 0.15) is 5.82 Å². The lowest BCUT2D eigenvalue weighted by atomic mass is 9.93. The molecule has 0 atom stereocenters. The first-order valence-electron chi connectivity index (χ1n) is 10.6. The van der Waals surface area contributed by atoms with Gasteiger partial charge in [-0.1, -0.05) is 5.10 Å². The van der Waals surface area contributed by atoms with E-state index in [2.05, 4.69) is 30.7 Å². The quantitative estimate of drug-likeness (QED) is 0.497. The first kappa shape index (κ1) is 23.1. The lowest BCUT2D eigenvalue weighted by molar-refractivity contribution is -0.141. The lowest BCUT2D eigenvalue weighted by Gasteiger charge is -2.32. The van der Waals surface area contributed by atoms with Crippen LogP contribution in [0.5, 0.6) is 0 Å². The molecule has 0 saturated carbocycles. The largest absolute Gasteiger partial charge is 0.469 e. The Labute approximate surface area is 193 Å². The lowest BCUT2D eigenvalue weighted by Crippen LogP contribution is -2.35. The highest BCUT2D eigenvalue weighted by Crippen LogP contribution is 2.25. The highest BCUT2D eigenvalue weighted by atomic mass is 19.2. The van der Waals surface area contributed by atoms with Gasteiger partial charge >= 0.3 is 23.8 Å². The molecule has 1 aliphatic rings. The van der Waals surface area contributed by atoms with E-state index in [-0.39, 0.29) is 23.6 Å². The van der Waals surface area contributed by atoms with Crippen LogP contribution in [0.3, 0.4) is 0 Å². The number of aromatic nitrogens is 3. The van der Waals surface area contributed by atoms with Crippen LogP contribution in [0.4, 0.5) is 32.0 Å². The average Bonchev–Trinajstić information content (AvgIpc) is 3.31. The minimum absolute atomic E-state index is 0.153. The van der Waals surface area contributed by atoms with Crippen LogP contribution in [-0.4, -0.2) is 47.3 Å². The zero-order valence-electron chi connectivity index (χ0n) is 18.3. The fourth-order valence-corrected chi connectivity index (χ4v) is 3.58. The van der Waals surface area contributed by atoms with Gasteiger partial charge in [-0.25, -0.2) is 13.8 Å². The number of hydrogen-bond donors (Lipinski definition) is 2. The third-order valence-corrected chi connectivity index (χ3v) is 5.42. The molecule has 12 heteroatoms. The Bertz CT molecular complexity index is 1160. The van der Waals surface area contributed by atoms with Crippen molar-refractivity contribution >= 4 is 35.1 Å². The Morgan fingerprint density at radius 2 is 1.88 bits per heavy atom. The van der Waals surface area contributed by atoms with Crippen molar-refractivity contribution in [3.8, 4) is 0 Å². The van der Waals surface area contributed by atoms with Crippen LogP contribution in [-0.2, 0) is 9.53 Å². The number of halogens is 2. The molecule has 1 fully saturated rings. The molecule has 0 spiro atoms. The number of esters is 1. The number of piperidine rings is 1. The fraction of sp³-hybridized carbons (Fsp3) is 0.318. The number of rotatable bonds is 7. The molecule has 178 valence electrons. The molecule has 34 heavy (non-hydrogen) atoms. The predicted octanol–water partition coefficient (Wildman–Crippen LogP) is 3.52. The number of anilines is 4. The number of hydrogen-bond acceptors (Lipinski definition) is 9. The van der Waals surface area contributed by atoms with E-state index in [0.29, 0.717) is 18.0 Å². The summed E-state index contributed by atoms with van der Waals surface area (Å²) < 4.78 is 36.3. The SMILES string of the molecule is COC(=O)CC1CCN(c2ccc(NC(=O)c3nnc(Nc4ccc(F)c(F)c4)o3)cn2)CC1. The van der Waals surface area contributed by atoms with Crippen molar-refractivity contribution in [1.29, 1.82) is 0 Å². The van der Waals surface area contributed by atoms with Gasteiger partial charge in [0.2, 0.25) is 0 Å². The van der Waals surface area contributed by atoms with Crippen LogP contribution >= 0.6 is 0 Å². The van der Waals surface area contributed by atoms with Gasteiger partial charge in [0.15, 0.2) is 11.6 Å². The highest BCUT2D eigenvalue weighted by molar-refractivity contribution is 6.00. The van der Waals surface area contributed by atoms with Gasteiger partial charge < -0.3 is 24.7 Å². The van der Waals surface area contributed by atoms with Gasteiger partial charge in [0.25, 0.3) is 0 Å². The molecule has 0 unspecified atom stereocenters. The monoisotopic (exact) mass is 472 g/mol. The number of carbonyl (C=O) groups excluding carboxylic acids is 2. The Balaban J connectivity index is 1.30. The van der Waals surface area contributed by atoms with Gasteiger partial charge in [0.05, 0.1) is 19.0 Å². The van der Waals surface area contributed by atoms with E-state index < -0.39 is 17.5 Å². The van der Waals surface area contributed by atoms with Crippen molar-refractivity contribution < 1.29 is 27.5 Å². The molecule has 4 rings (SSSR count). The molecule has 10 nitrogen and oxygen atoms in total. The fourth-order valence-electron chi connectivity index (χ4n) is 3.58. The number of pyridine rings is 1. The topological polar surface area (TPSA) is 122 Å². The maximum absolute atomic E-state index is 13.3. The van der Waals surface area contributed by atoms with Crippen LogP contribution in [0.15, 0.2) is 40.9 Å². The van der Waals surface area contributed by atoms with Crippen molar-refractivity contribution in [3.63, 3.8) is 0 Å². The number of nitrogens with zero attached hydrogens (tertiary/aromatic N) is 4. The summed E-state index contributed by atoms with van der Waals surface area (Å²) in [5.41, 5.74) is 0.617. The summed E-state index contributed by atoms with van der Waals surface area (Å²) in [6.07, 6.45) is 3.68. The van der Waals surface area contributed by atoms with Gasteiger partial charge in [-0.05, 0) is 43.0 Å². The van der Waals surface area contributed by atoms with Gasteiger partial charge in [-0.2, -0.15) is 0 Å². The molecule has 1 amide bonds. The number of nitrogens with one attached hydrogen (secondary N) is 2.